The number of benzene rings is 1. The van der Waals surface area contributed by atoms with Crippen molar-refractivity contribution in [2.45, 2.75) is 26.2 Å². The third-order valence-corrected chi connectivity index (χ3v) is 3.02. The van der Waals surface area contributed by atoms with Gasteiger partial charge >= 0.3 is 5.97 Å². The second-order valence-electron chi connectivity index (χ2n) is 4.07. The van der Waals surface area contributed by atoms with Crippen LogP contribution in [0.5, 0.6) is 0 Å². The zero-order chi connectivity index (χ0) is 14.4. The quantitative estimate of drug-likeness (QED) is 0.592. The zero-order valence-corrected chi connectivity index (χ0v) is 12.3. The first-order valence-electron chi connectivity index (χ1n) is 5.93. The fraction of sp³-hybridized carbons (Fsp3) is 0.357. The van der Waals surface area contributed by atoms with E-state index in [1.807, 2.05) is 0 Å². The van der Waals surface area contributed by atoms with Crippen molar-refractivity contribution in [3.8, 4) is 0 Å². The molecule has 0 aromatic heterocycles. The highest BCUT2D eigenvalue weighted by atomic mass is 79.9. The van der Waals surface area contributed by atoms with Gasteiger partial charge in [-0.25, -0.2) is 13.6 Å². The van der Waals surface area contributed by atoms with E-state index >= 15 is 0 Å². The molecule has 0 N–H and O–H groups in total. The van der Waals surface area contributed by atoms with Gasteiger partial charge in [0.25, 0.3) is 0 Å². The SMILES string of the molecule is CCOC(=O)/C=C/C[C@H](C)c1c(F)cc(Br)cc1F. The van der Waals surface area contributed by atoms with E-state index in [4.69, 9.17) is 4.74 Å². The predicted molar refractivity (Wildman–Crippen MR) is 72.9 cm³/mol. The van der Waals surface area contributed by atoms with Gasteiger partial charge in [-0.2, -0.15) is 0 Å². The van der Waals surface area contributed by atoms with Gasteiger partial charge in [-0.3, -0.25) is 0 Å². The number of hydrogen-bond acceptors (Lipinski definition) is 2. The molecule has 1 aromatic rings. The molecule has 1 rings (SSSR count). The molecule has 0 radical (unpaired) electrons. The van der Waals surface area contributed by atoms with Crippen LogP contribution in [-0.4, -0.2) is 12.6 Å². The molecule has 0 heterocycles. The molecule has 0 aliphatic carbocycles. The highest BCUT2D eigenvalue weighted by Gasteiger charge is 2.16. The van der Waals surface area contributed by atoms with Crippen LogP contribution in [0.4, 0.5) is 8.78 Å². The van der Waals surface area contributed by atoms with Gasteiger partial charge in [-0.15, -0.1) is 0 Å². The molecule has 5 heteroatoms. The minimum atomic E-state index is -0.594. The summed E-state index contributed by atoms with van der Waals surface area (Å²) >= 11 is 3.03. The highest BCUT2D eigenvalue weighted by Crippen LogP contribution is 2.28. The van der Waals surface area contributed by atoms with E-state index in [9.17, 15) is 13.6 Å². The fourth-order valence-electron chi connectivity index (χ4n) is 1.70. The number of halogens is 3. The van der Waals surface area contributed by atoms with Crippen LogP contribution in [0.1, 0.15) is 31.7 Å². The molecule has 0 aliphatic rings. The fourth-order valence-corrected chi connectivity index (χ4v) is 2.10. The molecule has 0 saturated heterocycles. The lowest BCUT2D eigenvalue weighted by Gasteiger charge is -2.12. The number of allylic oxidation sites excluding steroid dienone is 1. The topological polar surface area (TPSA) is 26.3 Å². The first kappa shape index (κ1) is 15.8. The van der Waals surface area contributed by atoms with Crippen LogP contribution < -0.4 is 0 Å². The molecule has 0 fully saturated rings. The number of hydrogen-bond donors (Lipinski definition) is 0. The first-order chi connectivity index (χ1) is 8.95. The van der Waals surface area contributed by atoms with Crippen LogP contribution in [0.3, 0.4) is 0 Å². The second kappa shape index (κ2) is 7.38. The largest absolute Gasteiger partial charge is 0.463 e. The maximum absolute atomic E-state index is 13.7. The van der Waals surface area contributed by atoms with Gasteiger partial charge in [-0.1, -0.05) is 28.9 Å². The highest BCUT2D eigenvalue weighted by molar-refractivity contribution is 9.10. The monoisotopic (exact) mass is 332 g/mol. The predicted octanol–water partition coefficient (Wildman–Crippen LogP) is 4.34. The lowest BCUT2D eigenvalue weighted by atomic mass is 9.96. The molecule has 0 bridgehead atoms. The molecule has 19 heavy (non-hydrogen) atoms. The molecule has 104 valence electrons. The van der Waals surface area contributed by atoms with Crippen molar-refractivity contribution in [1.29, 1.82) is 0 Å². The van der Waals surface area contributed by atoms with Gasteiger partial charge in [0.15, 0.2) is 0 Å². The van der Waals surface area contributed by atoms with Crippen molar-refractivity contribution in [2.24, 2.45) is 0 Å². The summed E-state index contributed by atoms with van der Waals surface area (Å²) in [6.45, 7) is 3.71. The number of ether oxygens (including phenoxy) is 1. The summed E-state index contributed by atoms with van der Waals surface area (Å²) in [6.07, 6.45) is 3.19. The minimum absolute atomic E-state index is 0.0247. The Balaban J connectivity index is 2.74. The van der Waals surface area contributed by atoms with Gasteiger partial charge in [0.2, 0.25) is 0 Å². The van der Waals surface area contributed by atoms with E-state index in [1.165, 1.54) is 18.2 Å². The maximum atomic E-state index is 13.7. The molecule has 2 nitrogen and oxygen atoms in total. The summed E-state index contributed by atoms with van der Waals surface area (Å²) in [6, 6.07) is 2.45. The van der Waals surface area contributed by atoms with Crippen molar-refractivity contribution < 1.29 is 18.3 Å². The summed E-state index contributed by atoms with van der Waals surface area (Å²) in [4.78, 5) is 11.1. The Morgan fingerprint density at radius 2 is 2.00 bits per heavy atom. The van der Waals surface area contributed by atoms with Crippen LogP contribution in [0.15, 0.2) is 28.8 Å². The Morgan fingerprint density at radius 1 is 1.42 bits per heavy atom. The number of carbonyl (C=O) groups excluding carboxylic acids is 1. The summed E-state index contributed by atoms with van der Waals surface area (Å²) < 4.78 is 32.4. The van der Waals surface area contributed by atoms with Gasteiger partial charge in [0.1, 0.15) is 11.6 Å². The van der Waals surface area contributed by atoms with Crippen LogP contribution >= 0.6 is 15.9 Å². The molecule has 0 aliphatic heterocycles. The molecule has 1 aromatic carbocycles. The number of rotatable bonds is 5. The maximum Gasteiger partial charge on any atom is 0.330 e. The lowest BCUT2D eigenvalue weighted by Crippen LogP contribution is -2.02. The van der Waals surface area contributed by atoms with Gasteiger partial charge < -0.3 is 4.74 Å². The zero-order valence-electron chi connectivity index (χ0n) is 10.8. The van der Waals surface area contributed by atoms with Crippen molar-refractivity contribution in [3.05, 3.63) is 46.0 Å². The van der Waals surface area contributed by atoms with Crippen LogP contribution in [0, 0.1) is 11.6 Å². The Kier molecular flexibility index (Phi) is 6.15. The Morgan fingerprint density at radius 3 is 2.53 bits per heavy atom. The molecule has 0 saturated carbocycles. The van der Waals surface area contributed by atoms with Crippen molar-refractivity contribution >= 4 is 21.9 Å². The number of carbonyl (C=O) groups is 1. The summed E-state index contributed by atoms with van der Waals surface area (Å²) in [5.41, 5.74) is 0.0247. The standard InChI is InChI=1S/C14H15BrF2O2/c1-3-19-13(18)6-4-5-9(2)14-11(16)7-10(15)8-12(14)17/h4,6-9H,3,5H2,1-2H3/b6-4+/t9-/m0/s1. The molecule has 0 spiro atoms. The van der Waals surface area contributed by atoms with Gasteiger partial charge in [0, 0.05) is 16.1 Å². The van der Waals surface area contributed by atoms with Crippen LogP contribution in [0.25, 0.3) is 0 Å². The van der Waals surface area contributed by atoms with Crippen molar-refractivity contribution in [1.82, 2.24) is 0 Å². The van der Waals surface area contributed by atoms with E-state index in [1.54, 1.807) is 19.9 Å². The molecule has 0 unspecified atom stereocenters. The summed E-state index contributed by atoms with van der Waals surface area (Å²) in [7, 11) is 0. The molecular weight excluding hydrogens is 318 g/mol. The molecular formula is C14H15BrF2O2. The third-order valence-electron chi connectivity index (χ3n) is 2.57. The Bertz CT molecular complexity index is 463. The van der Waals surface area contributed by atoms with Crippen molar-refractivity contribution in [3.63, 3.8) is 0 Å². The van der Waals surface area contributed by atoms with E-state index in [0.717, 1.165) is 0 Å². The first-order valence-corrected chi connectivity index (χ1v) is 6.72. The summed E-state index contributed by atoms with van der Waals surface area (Å²) in [5, 5.41) is 0. The Labute approximate surface area is 119 Å². The smallest absolute Gasteiger partial charge is 0.330 e. The van der Waals surface area contributed by atoms with E-state index in [0.29, 0.717) is 17.5 Å². The van der Waals surface area contributed by atoms with Gasteiger partial charge in [0.05, 0.1) is 6.61 Å². The van der Waals surface area contributed by atoms with Crippen LogP contribution in [-0.2, 0) is 9.53 Å². The third kappa shape index (κ3) is 4.74. The summed E-state index contributed by atoms with van der Waals surface area (Å²) in [5.74, 6) is -2.00. The van der Waals surface area contributed by atoms with E-state index < -0.39 is 17.6 Å². The van der Waals surface area contributed by atoms with Gasteiger partial charge in [-0.05, 0) is 31.4 Å². The van der Waals surface area contributed by atoms with E-state index in [2.05, 4.69) is 15.9 Å². The minimum Gasteiger partial charge on any atom is -0.463 e. The normalized spacial score (nSPS) is 12.7. The number of esters is 1. The van der Waals surface area contributed by atoms with Crippen molar-refractivity contribution in [2.75, 3.05) is 6.61 Å². The van der Waals surface area contributed by atoms with Crippen LogP contribution in [0.2, 0.25) is 0 Å². The van der Waals surface area contributed by atoms with E-state index in [-0.39, 0.29) is 11.5 Å². The lowest BCUT2D eigenvalue weighted by molar-refractivity contribution is -0.137. The molecule has 0 amide bonds. The molecule has 1 atom stereocenters. The Hall–Kier alpha value is -1.23. The second-order valence-corrected chi connectivity index (χ2v) is 4.99. The average molecular weight is 333 g/mol. The average Bonchev–Trinajstić information content (AvgIpc) is 2.27.